The summed E-state index contributed by atoms with van der Waals surface area (Å²) in [6.07, 6.45) is 2.74. The van der Waals surface area contributed by atoms with Crippen LogP contribution < -0.4 is 5.73 Å². The smallest absolute Gasteiger partial charge is 0.00461 e. The number of rotatable bonds is 2. The van der Waals surface area contributed by atoms with Gasteiger partial charge in [-0.05, 0) is 36.6 Å². The van der Waals surface area contributed by atoms with E-state index in [9.17, 15) is 0 Å². The molecule has 0 spiro atoms. The first kappa shape index (κ1) is 8.06. The molecule has 0 amide bonds. The van der Waals surface area contributed by atoms with E-state index in [0.29, 0.717) is 5.41 Å². The topological polar surface area (TPSA) is 26.0 Å². The van der Waals surface area contributed by atoms with Crippen LogP contribution in [-0.4, -0.2) is 6.54 Å². The molecule has 10 heavy (non-hydrogen) atoms. The monoisotopic (exact) mass is 141 g/mol. The summed E-state index contributed by atoms with van der Waals surface area (Å²) in [4.78, 5) is 0. The lowest BCUT2D eigenvalue weighted by Crippen LogP contribution is -2.09. The fourth-order valence-electron chi connectivity index (χ4n) is 1.64. The molecule has 0 bridgehead atoms. The molecular weight excluding hydrogens is 122 g/mol. The van der Waals surface area contributed by atoms with E-state index in [1.807, 2.05) is 0 Å². The minimum Gasteiger partial charge on any atom is -0.330 e. The van der Waals surface area contributed by atoms with Crippen molar-refractivity contribution in [3.8, 4) is 0 Å². The van der Waals surface area contributed by atoms with E-state index in [-0.39, 0.29) is 0 Å². The van der Waals surface area contributed by atoms with Gasteiger partial charge in [0.25, 0.3) is 0 Å². The van der Waals surface area contributed by atoms with Crippen molar-refractivity contribution in [1.82, 2.24) is 0 Å². The zero-order chi connectivity index (χ0) is 7.78. The Labute approximate surface area is 64.0 Å². The lowest BCUT2D eigenvalue weighted by atomic mass is 9.89. The Hall–Kier alpha value is -0.0400. The maximum Gasteiger partial charge on any atom is -0.00461 e. The maximum absolute atomic E-state index is 5.54. The highest BCUT2D eigenvalue weighted by Gasteiger charge is 2.37. The summed E-state index contributed by atoms with van der Waals surface area (Å²) in [5, 5.41) is 0. The third kappa shape index (κ3) is 2.30. The second-order valence-electron chi connectivity index (χ2n) is 4.76. The summed E-state index contributed by atoms with van der Waals surface area (Å²) in [6.45, 7) is 7.82. The molecule has 0 aromatic heterocycles. The van der Waals surface area contributed by atoms with Crippen molar-refractivity contribution in [2.45, 2.75) is 33.6 Å². The predicted molar refractivity (Wildman–Crippen MR) is 44.7 cm³/mol. The van der Waals surface area contributed by atoms with Gasteiger partial charge in [0, 0.05) is 0 Å². The molecule has 0 aliphatic heterocycles. The van der Waals surface area contributed by atoms with Crippen molar-refractivity contribution < 1.29 is 0 Å². The van der Waals surface area contributed by atoms with Gasteiger partial charge in [-0.15, -0.1) is 0 Å². The van der Waals surface area contributed by atoms with Crippen LogP contribution in [0.25, 0.3) is 0 Å². The number of nitrogens with two attached hydrogens (primary N) is 1. The molecule has 0 radical (unpaired) electrons. The van der Waals surface area contributed by atoms with Gasteiger partial charge in [-0.2, -0.15) is 0 Å². The van der Waals surface area contributed by atoms with Crippen LogP contribution in [0.2, 0.25) is 0 Å². The SMILES string of the molecule is CC(C)(C)CC1CC1CN. The highest BCUT2D eigenvalue weighted by atomic mass is 14.6. The van der Waals surface area contributed by atoms with Gasteiger partial charge in [0.05, 0.1) is 0 Å². The molecular formula is C9H19N. The predicted octanol–water partition coefficient (Wildman–Crippen LogP) is 2.02. The summed E-state index contributed by atoms with van der Waals surface area (Å²) in [5.41, 5.74) is 6.05. The normalized spacial score (nSPS) is 32.4. The summed E-state index contributed by atoms with van der Waals surface area (Å²) in [6, 6.07) is 0. The largest absolute Gasteiger partial charge is 0.330 e. The van der Waals surface area contributed by atoms with E-state index in [0.717, 1.165) is 18.4 Å². The van der Waals surface area contributed by atoms with Crippen LogP contribution in [0.15, 0.2) is 0 Å². The first-order valence-electron chi connectivity index (χ1n) is 4.23. The Morgan fingerprint density at radius 2 is 1.90 bits per heavy atom. The fraction of sp³-hybridized carbons (Fsp3) is 1.00. The van der Waals surface area contributed by atoms with E-state index >= 15 is 0 Å². The van der Waals surface area contributed by atoms with Gasteiger partial charge < -0.3 is 5.73 Å². The van der Waals surface area contributed by atoms with E-state index in [2.05, 4.69) is 20.8 Å². The van der Waals surface area contributed by atoms with Crippen LogP contribution in [-0.2, 0) is 0 Å². The molecule has 0 saturated heterocycles. The maximum atomic E-state index is 5.54. The molecule has 0 aromatic carbocycles. The average molecular weight is 141 g/mol. The van der Waals surface area contributed by atoms with Crippen LogP contribution in [0.1, 0.15) is 33.6 Å². The van der Waals surface area contributed by atoms with E-state index < -0.39 is 0 Å². The third-order valence-electron chi connectivity index (χ3n) is 2.25. The van der Waals surface area contributed by atoms with Gasteiger partial charge in [0.15, 0.2) is 0 Å². The Bertz CT molecular complexity index is 112. The van der Waals surface area contributed by atoms with E-state index in [4.69, 9.17) is 5.73 Å². The van der Waals surface area contributed by atoms with Crippen LogP contribution in [0.5, 0.6) is 0 Å². The Balaban J connectivity index is 2.18. The minimum atomic E-state index is 0.509. The molecule has 1 fully saturated rings. The number of hydrogen-bond donors (Lipinski definition) is 1. The second-order valence-corrected chi connectivity index (χ2v) is 4.76. The van der Waals surface area contributed by atoms with E-state index in [1.165, 1.54) is 12.8 Å². The van der Waals surface area contributed by atoms with Crippen molar-refractivity contribution in [2.75, 3.05) is 6.54 Å². The van der Waals surface area contributed by atoms with Crippen molar-refractivity contribution >= 4 is 0 Å². The first-order valence-corrected chi connectivity index (χ1v) is 4.23. The Morgan fingerprint density at radius 1 is 1.30 bits per heavy atom. The minimum absolute atomic E-state index is 0.509. The van der Waals surface area contributed by atoms with Gasteiger partial charge in [0.2, 0.25) is 0 Å². The molecule has 1 saturated carbocycles. The summed E-state index contributed by atoms with van der Waals surface area (Å²) >= 11 is 0. The molecule has 1 rings (SSSR count). The van der Waals surface area contributed by atoms with E-state index in [1.54, 1.807) is 0 Å². The molecule has 2 N–H and O–H groups in total. The molecule has 0 aromatic rings. The Kier molecular flexibility index (Phi) is 2.04. The standard InChI is InChI=1S/C9H19N/c1-9(2,3)5-7-4-8(7)6-10/h7-8H,4-6,10H2,1-3H3. The molecule has 1 nitrogen and oxygen atoms in total. The quantitative estimate of drug-likeness (QED) is 0.625. The van der Waals surface area contributed by atoms with Gasteiger partial charge >= 0.3 is 0 Å². The van der Waals surface area contributed by atoms with Crippen LogP contribution in [0.4, 0.5) is 0 Å². The van der Waals surface area contributed by atoms with Crippen LogP contribution >= 0.6 is 0 Å². The molecule has 2 atom stereocenters. The van der Waals surface area contributed by atoms with Gasteiger partial charge in [-0.3, -0.25) is 0 Å². The third-order valence-corrected chi connectivity index (χ3v) is 2.25. The zero-order valence-electron chi connectivity index (χ0n) is 7.35. The summed E-state index contributed by atoms with van der Waals surface area (Å²) < 4.78 is 0. The average Bonchev–Trinajstić information content (AvgIpc) is 2.42. The van der Waals surface area contributed by atoms with Gasteiger partial charge in [0.1, 0.15) is 0 Å². The summed E-state index contributed by atoms with van der Waals surface area (Å²) in [5.74, 6) is 1.81. The highest BCUT2D eigenvalue weighted by molar-refractivity contribution is 4.89. The van der Waals surface area contributed by atoms with Crippen LogP contribution in [0, 0.1) is 17.3 Å². The van der Waals surface area contributed by atoms with Crippen molar-refractivity contribution in [3.05, 3.63) is 0 Å². The Morgan fingerprint density at radius 3 is 2.20 bits per heavy atom. The molecule has 60 valence electrons. The lowest BCUT2D eigenvalue weighted by molar-refractivity contribution is 0.345. The lowest BCUT2D eigenvalue weighted by Gasteiger charge is -2.17. The van der Waals surface area contributed by atoms with Crippen molar-refractivity contribution in [1.29, 1.82) is 0 Å². The molecule has 1 heteroatoms. The first-order chi connectivity index (χ1) is 4.53. The number of hydrogen-bond acceptors (Lipinski definition) is 1. The second kappa shape index (κ2) is 2.54. The molecule has 1 aliphatic rings. The van der Waals surface area contributed by atoms with Gasteiger partial charge in [-0.25, -0.2) is 0 Å². The molecule has 1 aliphatic carbocycles. The zero-order valence-corrected chi connectivity index (χ0v) is 7.35. The molecule has 2 unspecified atom stereocenters. The van der Waals surface area contributed by atoms with Crippen molar-refractivity contribution in [2.24, 2.45) is 23.0 Å². The van der Waals surface area contributed by atoms with Crippen LogP contribution in [0.3, 0.4) is 0 Å². The summed E-state index contributed by atoms with van der Waals surface area (Å²) in [7, 11) is 0. The van der Waals surface area contributed by atoms with Crippen molar-refractivity contribution in [3.63, 3.8) is 0 Å². The fourth-order valence-corrected chi connectivity index (χ4v) is 1.64. The highest BCUT2D eigenvalue weighted by Crippen LogP contribution is 2.45. The molecule has 0 heterocycles. The van der Waals surface area contributed by atoms with Gasteiger partial charge in [-0.1, -0.05) is 20.8 Å².